The smallest absolute Gasteiger partial charge is 0.242 e. The summed E-state index contributed by atoms with van der Waals surface area (Å²) in [4.78, 5) is 14.5. The number of nitrogens with zero attached hydrogens (tertiary/aromatic N) is 1. The molecule has 0 N–H and O–H groups in total. The van der Waals surface area contributed by atoms with Gasteiger partial charge in [0.15, 0.2) is 0 Å². The normalized spacial score (nSPS) is 11.0. The number of aliphatic imine (C=N–C) groups is 1. The van der Waals surface area contributed by atoms with Crippen LogP contribution >= 0.6 is 0 Å². The second kappa shape index (κ2) is 4.05. The Morgan fingerprint density at radius 3 is 2.67 bits per heavy atom. The van der Waals surface area contributed by atoms with Gasteiger partial charge in [-0.1, -0.05) is 42.5 Å². The SMILES string of the molecule is CC(=O)N=Cc1cccc2ccccc12. The second-order valence-electron chi connectivity index (χ2n) is 3.35. The molecule has 0 aliphatic heterocycles. The van der Waals surface area contributed by atoms with E-state index in [-0.39, 0.29) is 5.91 Å². The molecule has 0 radical (unpaired) electrons. The maximum absolute atomic E-state index is 10.8. The van der Waals surface area contributed by atoms with E-state index in [9.17, 15) is 4.79 Å². The van der Waals surface area contributed by atoms with Crippen LogP contribution in [-0.2, 0) is 4.79 Å². The molecule has 1 amide bonds. The van der Waals surface area contributed by atoms with E-state index in [1.54, 1.807) is 6.21 Å². The molecule has 15 heavy (non-hydrogen) atoms. The fourth-order valence-corrected chi connectivity index (χ4v) is 1.52. The Hall–Kier alpha value is -1.96. The average Bonchev–Trinajstić information content (AvgIpc) is 2.26. The number of benzene rings is 2. The van der Waals surface area contributed by atoms with Gasteiger partial charge in [-0.05, 0) is 10.8 Å². The van der Waals surface area contributed by atoms with Gasteiger partial charge in [-0.15, -0.1) is 0 Å². The Labute approximate surface area is 88.3 Å². The first-order valence-corrected chi connectivity index (χ1v) is 4.80. The highest BCUT2D eigenvalue weighted by Crippen LogP contribution is 2.16. The minimum Gasteiger partial charge on any atom is -0.273 e. The summed E-state index contributed by atoms with van der Waals surface area (Å²) < 4.78 is 0. The zero-order chi connectivity index (χ0) is 10.7. The summed E-state index contributed by atoms with van der Waals surface area (Å²) in [6.07, 6.45) is 1.62. The lowest BCUT2D eigenvalue weighted by molar-refractivity contribution is -0.115. The highest BCUT2D eigenvalue weighted by molar-refractivity contribution is 6.02. The van der Waals surface area contributed by atoms with Gasteiger partial charge in [0.05, 0.1) is 0 Å². The van der Waals surface area contributed by atoms with E-state index >= 15 is 0 Å². The molecule has 0 aliphatic rings. The van der Waals surface area contributed by atoms with Gasteiger partial charge < -0.3 is 0 Å². The monoisotopic (exact) mass is 197 g/mol. The van der Waals surface area contributed by atoms with E-state index < -0.39 is 0 Å². The molecule has 2 heteroatoms. The third-order valence-electron chi connectivity index (χ3n) is 2.21. The third kappa shape index (κ3) is 2.10. The molecular weight excluding hydrogens is 186 g/mol. The minimum absolute atomic E-state index is 0.178. The predicted octanol–water partition coefficient (Wildman–Crippen LogP) is 2.81. The molecule has 0 saturated carbocycles. The highest BCUT2D eigenvalue weighted by atomic mass is 16.1. The van der Waals surface area contributed by atoms with Gasteiger partial charge in [0.1, 0.15) is 0 Å². The lowest BCUT2D eigenvalue weighted by Crippen LogP contribution is -1.88. The zero-order valence-corrected chi connectivity index (χ0v) is 8.47. The molecule has 2 aromatic carbocycles. The maximum atomic E-state index is 10.8. The van der Waals surface area contributed by atoms with Crippen molar-refractivity contribution >= 4 is 22.9 Å². The first-order valence-electron chi connectivity index (χ1n) is 4.80. The van der Waals surface area contributed by atoms with E-state index in [1.165, 1.54) is 6.92 Å². The molecule has 0 heterocycles. The molecule has 0 spiro atoms. The van der Waals surface area contributed by atoms with Crippen LogP contribution in [-0.4, -0.2) is 12.1 Å². The zero-order valence-electron chi connectivity index (χ0n) is 8.47. The van der Waals surface area contributed by atoms with Gasteiger partial charge in [0, 0.05) is 18.7 Å². The van der Waals surface area contributed by atoms with Crippen molar-refractivity contribution in [1.82, 2.24) is 0 Å². The Kier molecular flexibility index (Phi) is 2.59. The van der Waals surface area contributed by atoms with Gasteiger partial charge in [-0.3, -0.25) is 4.79 Å². The Morgan fingerprint density at radius 2 is 1.87 bits per heavy atom. The van der Waals surface area contributed by atoms with Crippen LogP contribution in [0.3, 0.4) is 0 Å². The van der Waals surface area contributed by atoms with Crippen molar-refractivity contribution in [3.8, 4) is 0 Å². The summed E-state index contributed by atoms with van der Waals surface area (Å²) in [6, 6.07) is 14.0. The maximum Gasteiger partial charge on any atom is 0.242 e. The van der Waals surface area contributed by atoms with E-state index in [0.29, 0.717) is 0 Å². The molecule has 0 aromatic heterocycles. The summed E-state index contributed by atoms with van der Waals surface area (Å²) >= 11 is 0. The van der Waals surface area contributed by atoms with Crippen molar-refractivity contribution in [2.24, 2.45) is 4.99 Å². The number of carbonyl (C=O) groups excluding carboxylic acids is 1. The molecular formula is C13H11NO. The number of rotatable bonds is 1. The van der Waals surface area contributed by atoms with E-state index in [4.69, 9.17) is 0 Å². The number of carbonyl (C=O) groups is 1. The topological polar surface area (TPSA) is 29.4 Å². The van der Waals surface area contributed by atoms with Crippen LogP contribution in [0.4, 0.5) is 0 Å². The van der Waals surface area contributed by atoms with Crippen molar-refractivity contribution in [2.75, 3.05) is 0 Å². The second-order valence-corrected chi connectivity index (χ2v) is 3.35. The number of hydrogen-bond acceptors (Lipinski definition) is 1. The van der Waals surface area contributed by atoms with Crippen LogP contribution in [0.1, 0.15) is 12.5 Å². The fraction of sp³-hybridized carbons (Fsp3) is 0.0769. The molecule has 2 rings (SSSR count). The number of fused-ring (bicyclic) bond motifs is 1. The van der Waals surface area contributed by atoms with E-state index in [0.717, 1.165) is 16.3 Å². The van der Waals surface area contributed by atoms with Crippen molar-refractivity contribution in [3.63, 3.8) is 0 Å². The predicted molar refractivity (Wildman–Crippen MR) is 62.2 cm³/mol. The highest BCUT2D eigenvalue weighted by Gasteiger charge is 1.96. The summed E-state index contributed by atoms with van der Waals surface area (Å²) in [6.45, 7) is 1.45. The van der Waals surface area contributed by atoms with Crippen LogP contribution < -0.4 is 0 Å². The Balaban J connectivity index is 2.56. The summed E-state index contributed by atoms with van der Waals surface area (Å²) in [7, 11) is 0. The standard InChI is InChI=1S/C13H11NO/c1-10(15)14-9-12-7-4-6-11-5-2-3-8-13(11)12/h2-9H,1H3. The summed E-state index contributed by atoms with van der Waals surface area (Å²) in [5, 5.41) is 2.27. The van der Waals surface area contributed by atoms with Crippen LogP contribution in [0, 0.1) is 0 Å². The van der Waals surface area contributed by atoms with Crippen molar-refractivity contribution < 1.29 is 4.79 Å². The lowest BCUT2D eigenvalue weighted by atomic mass is 10.1. The third-order valence-corrected chi connectivity index (χ3v) is 2.21. The van der Waals surface area contributed by atoms with Gasteiger partial charge in [-0.2, -0.15) is 0 Å². The molecule has 2 nitrogen and oxygen atoms in total. The molecule has 0 saturated heterocycles. The molecule has 0 unspecified atom stereocenters. The summed E-state index contributed by atoms with van der Waals surface area (Å²) in [5.41, 5.74) is 0.975. The first kappa shape index (κ1) is 9.59. The van der Waals surface area contributed by atoms with Gasteiger partial charge in [-0.25, -0.2) is 4.99 Å². The van der Waals surface area contributed by atoms with Gasteiger partial charge in [0.25, 0.3) is 0 Å². The van der Waals surface area contributed by atoms with Crippen LogP contribution in [0.2, 0.25) is 0 Å². The van der Waals surface area contributed by atoms with E-state index in [1.807, 2.05) is 42.5 Å². The Morgan fingerprint density at radius 1 is 1.13 bits per heavy atom. The van der Waals surface area contributed by atoms with Gasteiger partial charge >= 0.3 is 0 Å². The molecule has 0 fully saturated rings. The van der Waals surface area contributed by atoms with Crippen molar-refractivity contribution in [1.29, 1.82) is 0 Å². The minimum atomic E-state index is -0.178. The van der Waals surface area contributed by atoms with E-state index in [2.05, 4.69) is 4.99 Å². The van der Waals surface area contributed by atoms with Crippen LogP contribution in [0.25, 0.3) is 10.8 Å². The van der Waals surface area contributed by atoms with Crippen molar-refractivity contribution in [2.45, 2.75) is 6.92 Å². The van der Waals surface area contributed by atoms with Crippen molar-refractivity contribution in [3.05, 3.63) is 48.0 Å². The molecule has 2 aromatic rings. The molecule has 74 valence electrons. The van der Waals surface area contributed by atoms with Crippen LogP contribution in [0.15, 0.2) is 47.5 Å². The quantitative estimate of drug-likeness (QED) is 0.646. The largest absolute Gasteiger partial charge is 0.273 e. The number of hydrogen-bond donors (Lipinski definition) is 0. The molecule has 0 atom stereocenters. The molecule has 0 aliphatic carbocycles. The average molecular weight is 197 g/mol. The lowest BCUT2D eigenvalue weighted by Gasteiger charge is -2.00. The summed E-state index contributed by atoms with van der Waals surface area (Å²) in [5.74, 6) is -0.178. The number of amides is 1. The Bertz CT molecular complexity index is 524. The first-order chi connectivity index (χ1) is 7.27. The van der Waals surface area contributed by atoms with Crippen LogP contribution in [0.5, 0.6) is 0 Å². The molecule has 0 bridgehead atoms. The fourth-order valence-electron chi connectivity index (χ4n) is 1.52. The van der Waals surface area contributed by atoms with Gasteiger partial charge in [0.2, 0.25) is 5.91 Å².